The molecule has 3 aromatic carbocycles. The number of amides is 1. The van der Waals surface area contributed by atoms with Crippen LogP contribution in [0.25, 0.3) is 0 Å². The highest BCUT2D eigenvalue weighted by atomic mass is 16.6. The first kappa shape index (κ1) is 23.5. The predicted octanol–water partition coefficient (Wildman–Crippen LogP) is 5.81. The van der Waals surface area contributed by atoms with Crippen LogP contribution in [-0.4, -0.2) is 23.5 Å². The van der Waals surface area contributed by atoms with Gasteiger partial charge in [-0.3, -0.25) is 9.78 Å². The molecular formula is C28H24N2O5. The summed E-state index contributed by atoms with van der Waals surface area (Å²) >= 11 is 0. The molecular weight excluding hydrogens is 444 g/mol. The van der Waals surface area contributed by atoms with Gasteiger partial charge in [-0.1, -0.05) is 54.6 Å². The topological polar surface area (TPSA) is 86.8 Å². The van der Waals surface area contributed by atoms with E-state index in [0.29, 0.717) is 35.1 Å². The third-order valence-corrected chi connectivity index (χ3v) is 4.98. The van der Waals surface area contributed by atoms with Crippen molar-refractivity contribution in [3.8, 4) is 17.2 Å². The molecule has 176 valence electrons. The van der Waals surface area contributed by atoms with Crippen LogP contribution in [-0.2, 0) is 9.53 Å². The third kappa shape index (κ3) is 6.03. The van der Waals surface area contributed by atoms with E-state index in [1.165, 1.54) is 6.20 Å². The van der Waals surface area contributed by atoms with Crippen LogP contribution in [0, 0.1) is 0 Å². The minimum atomic E-state index is -1.20. The highest BCUT2D eigenvalue weighted by molar-refractivity contribution is 5.99. The molecule has 0 saturated carbocycles. The summed E-state index contributed by atoms with van der Waals surface area (Å²) in [6, 6.07) is 26.0. The maximum atomic E-state index is 13.3. The number of carbonyl (C=O) groups excluding carboxylic acids is 2. The summed E-state index contributed by atoms with van der Waals surface area (Å²) in [7, 11) is 0. The Labute approximate surface area is 203 Å². The zero-order valence-corrected chi connectivity index (χ0v) is 19.1. The number of benzene rings is 3. The van der Waals surface area contributed by atoms with Crippen LogP contribution in [0.3, 0.4) is 0 Å². The van der Waals surface area contributed by atoms with Crippen LogP contribution < -0.4 is 14.8 Å². The minimum absolute atomic E-state index is 0.180. The van der Waals surface area contributed by atoms with Gasteiger partial charge >= 0.3 is 5.97 Å². The molecule has 0 aliphatic heterocycles. The van der Waals surface area contributed by atoms with Crippen LogP contribution in [0.4, 0.5) is 5.69 Å². The van der Waals surface area contributed by atoms with Crippen molar-refractivity contribution in [3.63, 3.8) is 0 Å². The van der Waals surface area contributed by atoms with Crippen molar-refractivity contribution in [2.75, 3.05) is 11.9 Å². The van der Waals surface area contributed by atoms with E-state index in [2.05, 4.69) is 10.3 Å². The zero-order valence-electron chi connectivity index (χ0n) is 19.1. The van der Waals surface area contributed by atoms with Gasteiger partial charge in [-0.15, -0.1) is 0 Å². The summed E-state index contributed by atoms with van der Waals surface area (Å²) < 4.78 is 17.2. The maximum absolute atomic E-state index is 13.3. The van der Waals surface area contributed by atoms with E-state index in [1.807, 2.05) is 19.1 Å². The van der Waals surface area contributed by atoms with E-state index in [0.717, 1.165) is 0 Å². The molecule has 0 spiro atoms. The van der Waals surface area contributed by atoms with Gasteiger partial charge in [0.2, 0.25) is 6.10 Å². The largest absolute Gasteiger partial charge is 0.492 e. The number of nitrogens with zero attached hydrogens (tertiary/aromatic N) is 1. The Hall–Kier alpha value is -4.65. The number of ether oxygens (including phenoxy) is 3. The smallest absolute Gasteiger partial charge is 0.343 e. The molecule has 0 aliphatic carbocycles. The Morgan fingerprint density at radius 1 is 0.857 bits per heavy atom. The number of aromatic nitrogens is 1. The first-order valence-electron chi connectivity index (χ1n) is 11.1. The Morgan fingerprint density at radius 3 is 2.31 bits per heavy atom. The summed E-state index contributed by atoms with van der Waals surface area (Å²) in [6.07, 6.45) is 1.96. The maximum Gasteiger partial charge on any atom is 0.343 e. The summed E-state index contributed by atoms with van der Waals surface area (Å²) in [5, 5.41) is 2.82. The van der Waals surface area contributed by atoms with Gasteiger partial charge in [0.15, 0.2) is 0 Å². The highest BCUT2D eigenvalue weighted by Crippen LogP contribution is 2.30. The zero-order chi connectivity index (χ0) is 24.5. The molecule has 0 radical (unpaired) electrons. The van der Waals surface area contributed by atoms with Gasteiger partial charge in [0, 0.05) is 11.8 Å². The molecule has 1 heterocycles. The number of esters is 1. The van der Waals surface area contributed by atoms with Crippen molar-refractivity contribution in [1.29, 1.82) is 0 Å². The molecule has 0 fully saturated rings. The van der Waals surface area contributed by atoms with E-state index in [-0.39, 0.29) is 5.56 Å². The average molecular weight is 469 g/mol. The number of carbonyl (C=O) groups is 2. The standard InChI is InChI=1S/C28H24N2O5/c1-2-33-25-17-9-7-15-23(25)30-27(31)26(20-11-4-3-5-12-20)35-28(32)22-14-6-8-16-24(22)34-21-13-10-18-29-19-21/h3-19,26H,2H2,1H3,(H,30,31). The van der Waals surface area contributed by atoms with Crippen LogP contribution in [0.5, 0.6) is 17.2 Å². The van der Waals surface area contributed by atoms with Crippen molar-refractivity contribution in [1.82, 2.24) is 4.98 Å². The fourth-order valence-electron chi connectivity index (χ4n) is 3.38. The average Bonchev–Trinajstić information content (AvgIpc) is 2.90. The van der Waals surface area contributed by atoms with Crippen molar-refractivity contribution < 1.29 is 23.8 Å². The first-order chi connectivity index (χ1) is 17.2. The van der Waals surface area contributed by atoms with E-state index in [9.17, 15) is 9.59 Å². The molecule has 4 rings (SSSR count). The molecule has 7 heteroatoms. The lowest BCUT2D eigenvalue weighted by Crippen LogP contribution is -2.26. The normalized spacial score (nSPS) is 11.2. The molecule has 1 amide bonds. The van der Waals surface area contributed by atoms with Gasteiger partial charge < -0.3 is 19.5 Å². The number of para-hydroxylation sites is 3. The second-order valence-corrected chi connectivity index (χ2v) is 7.40. The summed E-state index contributed by atoms with van der Waals surface area (Å²) in [5.74, 6) is 0.0719. The van der Waals surface area contributed by atoms with Crippen LogP contribution in [0.2, 0.25) is 0 Å². The summed E-state index contributed by atoms with van der Waals surface area (Å²) in [6.45, 7) is 2.30. The van der Waals surface area contributed by atoms with E-state index >= 15 is 0 Å². The second-order valence-electron chi connectivity index (χ2n) is 7.40. The van der Waals surface area contributed by atoms with Crippen LogP contribution in [0.1, 0.15) is 28.9 Å². The number of rotatable bonds is 9. The Kier molecular flexibility index (Phi) is 7.70. The Balaban J connectivity index is 1.60. The van der Waals surface area contributed by atoms with Crippen molar-refractivity contribution in [2.24, 2.45) is 0 Å². The first-order valence-corrected chi connectivity index (χ1v) is 11.1. The van der Waals surface area contributed by atoms with Gasteiger partial charge in [0.25, 0.3) is 5.91 Å². The highest BCUT2D eigenvalue weighted by Gasteiger charge is 2.28. The Morgan fingerprint density at radius 2 is 1.57 bits per heavy atom. The molecule has 0 saturated heterocycles. The fourth-order valence-corrected chi connectivity index (χ4v) is 3.38. The molecule has 1 atom stereocenters. The molecule has 1 aromatic heterocycles. The summed E-state index contributed by atoms with van der Waals surface area (Å²) in [4.78, 5) is 30.6. The molecule has 1 unspecified atom stereocenters. The van der Waals surface area contributed by atoms with Gasteiger partial charge in [-0.2, -0.15) is 0 Å². The molecule has 0 bridgehead atoms. The lowest BCUT2D eigenvalue weighted by Gasteiger charge is -2.20. The van der Waals surface area contributed by atoms with E-state index < -0.39 is 18.0 Å². The van der Waals surface area contributed by atoms with Crippen molar-refractivity contribution in [3.05, 3.63) is 115 Å². The SMILES string of the molecule is CCOc1ccccc1NC(=O)C(OC(=O)c1ccccc1Oc1cccnc1)c1ccccc1. The molecule has 1 N–H and O–H groups in total. The number of pyridine rings is 1. The molecule has 4 aromatic rings. The van der Waals surface area contributed by atoms with E-state index in [1.54, 1.807) is 85.1 Å². The van der Waals surface area contributed by atoms with Crippen molar-refractivity contribution in [2.45, 2.75) is 13.0 Å². The number of nitrogens with one attached hydrogen (secondary N) is 1. The molecule has 35 heavy (non-hydrogen) atoms. The molecule has 7 nitrogen and oxygen atoms in total. The van der Waals surface area contributed by atoms with Crippen molar-refractivity contribution >= 4 is 17.6 Å². The minimum Gasteiger partial charge on any atom is -0.492 e. The monoisotopic (exact) mass is 468 g/mol. The number of hydrogen-bond acceptors (Lipinski definition) is 6. The number of hydrogen-bond donors (Lipinski definition) is 1. The van der Waals surface area contributed by atoms with Gasteiger partial charge in [0.05, 0.1) is 18.5 Å². The quantitative estimate of drug-likeness (QED) is 0.312. The Bertz CT molecular complexity index is 1280. The molecule has 0 aliphatic rings. The van der Waals surface area contributed by atoms with Crippen LogP contribution >= 0.6 is 0 Å². The van der Waals surface area contributed by atoms with Gasteiger partial charge in [0.1, 0.15) is 22.8 Å². The van der Waals surface area contributed by atoms with Gasteiger partial charge in [-0.05, 0) is 43.3 Å². The summed E-state index contributed by atoms with van der Waals surface area (Å²) in [5.41, 5.74) is 1.19. The lowest BCUT2D eigenvalue weighted by atomic mass is 10.1. The fraction of sp³-hybridized carbons (Fsp3) is 0.107. The second kappa shape index (κ2) is 11.5. The van der Waals surface area contributed by atoms with Crippen LogP contribution in [0.15, 0.2) is 103 Å². The van der Waals surface area contributed by atoms with Gasteiger partial charge in [-0.25, -0.2) is 4.79 Å². The predicted molar refractivity (Wildman–Crippen MR) is 132 cm³/mol. The van der Waals surface area contributed by atoms with E-state index in [4.69, 9.17) is 14.2 Å². The third-order valence-electron chi connectivity index (χ3n) is 4.98. The number of anilines is 1. The lowest BCUT2D eigenvalue weighted by molar-refractivity contribution is -0.125.